The highest BCUT2D eigenvalue weighted by molar-refractivity contribution is 5.48. The van der Waals surface area contributed by atoms with E-state index in [0.29, 0.717) is 13.0 Å². The topological polar surface area (TPSA) is 23.5 Å². The van der Waals surface area contributed by atoms with E-state index in [9.17, 15) is 18.3 Å². The van der Waals surface area contributed by atoms with E-state index in [2.05, 4.69) is 0 Å². The van der Waals surface area contributed by atoms with E-state index in [-0.39, 0.29) is 0 Å². The molecule has 1 heterocycles. The second-order valence-electron chi connectivity index (χ2n) is 5.38. The number of alkyl halides is 3. The van der Waals surface area contributed by atoms with Gasteiger partial charge in [0.2, 0.25) is 0 Å². The second-order valence-corrected chi connectivity index (χ2v) is 5.38. The van der Waals surface area contributed by atoms with Crippen LogP contribution in [0.4, 0.5) is 18.9 Å². The Morgan fingerprint density at radius 1 is 1.11 bits per heavy atom. The van der Waals surface area contributed by atoms with Gasteiger partial charge in [0, 0.05) is 18.8 Å². The molecule has 0 bridgehead atoms. The Morgan fingerprint density at radius 3 is 2.32 bits per heavy atom. The van der Waals surface area contributed by atoms with Crippen molar-refractivity contribution in [2.24, 2.45) is 0 Å². The van der Waals surface area contributed by atoms with Crippen LogP contribution < -0.4 is 4.90 Å². The van der Waals surface area contributed by atoms with Gasteiger partial charge >= 0.3 is 6.18 Å². The van der Waals surface area contributed by atoms with Crippen LogP contribution in [0.5, 0.6) is 0 Å². The van der Waals surface area contributed by atoms with Crippen LogP contribution in [0, 0.1) is 0 Å². The van der Waals surface area contributed by atoms with Crippen molar-refractivity contribution in [3.05, 3.63) is 29.8 Å². The maximum atomic E-state index is 12.5. The number of rotatable bonds is 1. The van der Waals surface area contributed by atoms with E-state index in [1.165, 1.54) is 12.1 Å². The number of nitrogens with zero attached hydrogens (tertiary/aromatic N) is 1. The van der Waals surface area contributed by atoms with Crippen LogP contribution in [-0.4, -0.2) is 23.8 Å². The summed E-state index contributed by atoms with van der Waals surface area (Å²) in [5, 5.41) is 9.99. The molecule has 0 amide bonds. The van der Waals surface area contributed by atoms with Gasteiger partial charge in [-0.1, -0.05) is 0 Å². The highest BCUT2D eigenvalue weighted by Gasteiger charge is 2.30. The summed E-state index contributed by atoms with van der Waals surface area (Å²) in [5.41, 5.74) is -0.510. The first-order valence-corrected chi connectivity index (χ1v) is 6.43. The number of halogens is 3. The smallest absolute Gasteiger partial charge is 0.390 e. The molecule has 1 atom stereocenters. The van der Waals surface area contributed by atoms with Gasteiger partial charge in [-0.2, -0.15) is 13.2 Å². The maximum absolute atomic E-state index is 12.5. The van der Waals surface area contributed by atoms with Crippen molar-refractivity contribution < 1.29 is 18.3 Å². The fraction of sp³-hybridized carbons (Fsp3) is 0.571. The molecular weight excluding hydrogens is 255 g/mol. The SMILES string of the molecule is CC1(O)CCCN(c2ccc(C(F)(F)F)cc2)CC1. The molecule has 1 aromatic carbocycles. The first-order valence-electron chi connectivity index (χ1n) is 6.43. The minimum absolute atomic E-state index is 0.627. The van der Waals surface area contributed by atoms with Crippen LogP contribution in [0.3, 0.4) is 0 Å². The molecule has 1 unspecified atom stereocenters. The van der Waals surface area contributed by atoms with E-state index in [1.54, 1.807) is 0 Å². The summed E-state index contributed by atoms with van der Waals surface area (Å²) >= 11 is 0. The molecule has 1 aliphatic heterocycles. The number of hydrogen-bond donors (Lipinski definition) is 1. The lowest BCUT2D eigenvalue weighted by Gasteiger charge is -2.24. The molecule has 1 N–H and O–H groups in total. The molecule has 106 valence electrons. The van der Waals surface area contributed by atoms with Crippen LogP contribution in [0.1, 0.15) is 31.7 Å². The van der Waals surface area contributed by atoms with Gasteiger partial charge in [0.25, 0.3) is 0 Å². The molecule has 1 aromatic rings. The largest absolute Gasteiger partial charge is 0.416 e. The van der Waals surface area contributed by atoms with Crippen molar-refractivity contribution in [3.63, 3.8) is 0 Å². The molecule has 1 saturated heterocycles. The molecule has 0 saturated carbocycles. The van der Waals surface area contributed by atoms with Gasteiger partial charge in [-0.3, -0.25) is 0 Å². The van der Waals surface area contributed by atoms with Gasteiger partial charge in [0.05, 0.1) is 11.2 Å². The third-order valence-electron chi connectivity index (χ3n) is 3.62. The number of hydrogen-bond acceptors (Lipinski definition) is 2. The molecule has 2 rings (SSSR count). The first-order chi connectivity index (χ1) is 8.78. The van der Waals surface area contributed by atoms with Crippen LogP contribution in [0.25, 0.3) is 0 Å². The Morgan fingerprint density at radius 2 is 1.74 bits per heavy atom. The zero-order valence-corrected chi connectivity index (χ0v) is 10.9. The van der Waals surface area contributed by atoms with Crippen molar-refractivity contribution >= 4 is 5.69 Å². The molecule has 0 radical (unpaired) electrons. The highest BCUT2D eigenvalue weighted by Crippen LogP contribution is 2.31. The van der Waals surface area contributed by atoms with Crippen molar-refractivity contribution in [2.45, 2.75) is 38.0 Å². The summed E-state index contributed by atoms with van der Waals surface area (Å²) in [7, 11) is 0. The molecule has 0 aromatic heterocycles. The first kappa shape index (κ1) is 14.2. The van der Waals surface area contributed by atoms with Gasteiger partial charge < -0.3 is 10.0 Å². The molecule has 5 heteroatoms. The Kier molecular flexibility index (Phi) is 3.76. The average Bonchev–Trinajstić information content (AvgIpc) is 2.49. The highest BCUT2D eigenvalue weighted by atomic mass is 19.4. The lowest BCUT2D eigenvalue weighted by molar-refractivity contribution is -0.137. The zero-order valence-electron chi connectivity index (χ0n) is 10.9. The summed E-state index contributed by atoms with van der Waals surface area (Å²) in [6.07, 6.45) is -2.09. The Bertz CT molecular complexity index is 425. The molecular formula is C14H18F3NO. The molecule has 1 aliphatic rings. The number of aliphatic hydroxyl groups is 1. The lowest BCUT2D eigenvalue weighted by Crippen LogP contribution is -2.28. The Labute approximate surface area is 110 Å². The third-order valence-corrected chi connectivity index (χ3v) is 3.62. The zero-order chi connectivity index (χ0) is 14.1. The maximum Gasteiger partial charge on any atom is 0.416 e. The van der Waals surface area contributed by atoms with E-state index >= 15 is 0 Å². The minimum atomic E-state index is -4.29. The van der Waals surface area contributed by atoms with Gasteiger partial charge in [0.15, 0.2) is 0 Å². The van der Waals surface area contributed by atoms with Crippen molar-refractivity contribution in [3.8, 4) is 0 Å². The molecule has 19 heavy (non-hydrogen) atoms. The Hall–Kier alpha value is -1.23. The summed E-state index contributed by atoms with van der Waals surface area (Å²) in [6, 6.07) is 5.22. The summed E-state index contributed by atoms with van der Waals surface area (Å²) in [5.74, 6) is 0. The van der Waals surface area contributed by atoms with Gasteiger partial charge in [-0.05, 0) is 50.5 Å². The fourth-order valence-electron chi connectivity index (χ4n) is 2.38. The van der Waals surface area contributed by atoms with Gasteiger partial charge in [-0.25, -0.2) is 0 Å². The molecule has 0 aliphatic carbocycles. The van der Waals surface area contributed by atoms with Crippen LogP contribution in [-0.2, 0) is 6.18 Å². The second kappa shape index (κ2) is 5.04. The molecule has 2 nitrogen and oxygen atoms in total. The van der Waals surface area contributed by atoms with Crippen LogP contribution in [0.2, 0.25) is 0 Å². The Balaban J connectivity index is 2.10. The predicted octanol–water partition coefficient (Wildman–Crippen LogP) is 3.45. The lowest BCUT2D eigenvalue weighted by atomic mass is 9.98. The van der Waals surface area contributed by atoms with E-state index in [0.717, 1.165) is 37.2 Å². The normalized spacial score (nSPS) is 25.2. The van der Waals surface area contributed by atoms with Crippen LogP contribution >= 0.6 is 0 Å². The van der Waals surface area contributed by atoms with Crippen molar-refractivity contribution in [1.29, 1.82) is 0 Å². The summed E-state index contributed by atoms with van der Waals surface area (Å²) in [4.78, 5) is 2.03. The van der Waals surface area contributed by atoms with Crippen molar-refractivity contribution in [1.82, 2.24) is 0 Å². The molecule has 0 spiro atoms. The monoisotopic (exact) mass is 273 g/mol. The van der Waals surface area contributed by atoms with Gasteiger partial charge in [0.1, 0.15) is 0 Å². The number of anilines is 1. The predicted molar refractivity (Wildman–Crippen MR) is 68.1 cm³/mol. The third kappa shape index (κ3) is 3.62. The van der Waals surface area contributed by atoms with E-state index in [1.807, 2.05) is 11.8 Å². The summed E-state index contributed by atoms with van der Waals surface area (Å²) < 4.78 is 37.4. The number of benzene rings is 1. The average molecular weight is 273 g/mol. The van der Waals surface area contributed by atoms with Crippen molar-refractivity contribution in [2.75, 3.05) is 18.0 Å². The van der Waals surface area contributed by atoms with Gasteiger partial charge in [-0.15, -0.1) is 0 Å². The fourth-order valence-corrected chi connectivity index (χ4v) is 2.38. The molecule has 1 fully saturated rings. The van der Waals surface area contributed by atoms with Crippen LogP contribution in [0.15, 0.2) is 24.3 Å². The quantitative estimate of drug-likeness (QED) is 0.847. The van der Waals surface area contributed by atoms with E-state index < -0.39 is 17.3 Å². The minimum Gasteiger partial charge on any atom is -0.390 e. The summed E-state index contributed by atoms with van der Waals surface area (Å²) in [6.45, 7) is 3.24. The standard InChI is InChI=1S/C14H18F3NO/c1-13(19)7-2-9-18(10-8-13)12-5-3-11(4-6-12)14(15,16)17/h3-6,19H,2,7-10H2,1H3. The van der Waals surface area contributed by atoms with E-state index in [4.69, 9.17) is 0 Å².